The lowest BCUT2D eigenvalue weighted by molar-refractivity contribution is 0.0786. The van der Waals surface area contributed by atoms with E-state index in [0.29, 0.717) is 17.9 Å². The molecule has 0 fully saturated rings. The molecule has 4 nitrogen and oxygen atoms in total. The van der Waals surface area contributed by atoms with Gasteiger partial charge in [-0.25, -0.2) is 0 Å². The summed E-state index contributed by atoms with van der Waals surface area (Å²) in [6.07, 6.45) is 0. The summed E-state index contributed by atoms with van der Waals surface area (Å²) in [6, 6.07) is 15.7. The summed E-state index contributed by atoms with van der Waals surface area (Å²) in [5, 5.41) is 0.845. The molecule has 1 amide bonds. The van der Waals surface area contributed by atoms with Gasteiger partial charge in [0.05, 0.1) is 23.6 Å². The first-order chi connectivity index (χ1) is 11.1. The Morgan fingerprint density at radius 1 is 1.13 bits per heavy atom. The van der Waals surface area contributed by atoms with Gasteiger partial charge in [-0.05, 0) is 24.6 Å². The second-order valence-electron chi connectivity index (χ2n) is 5.65. The highest BCUT2D eigenvalue weighted by Crippen LogP contribution is 2.31. The minimum absolute atomic E-state index is 0.0119. The number of aryl methyl sites for hydroxylation is 1. The zero-order valence-electron chi connectivity index (χ0n) is 13.6. The van der Waals surface area contributed by atoms with Gasteiger partial charge in [-0.3, -0.25) is 4.79 Å². The largest absolute Gasteiger partial charge is 0.496 e. The van der Waals surface area contributed by atoms with Gasteiger partial charge in [-0.1, -0.05) is 36.4 Å². The van der Waals surface area contributed by atoms with Crippen LogP contribution in [0.25, 0.3) is 10.9 Å². The average Bonchev–Trinajstić information content (AvgIpc) is 2.90. The molecule has 0 atom stereocenters. The molecule has 4 heteroatoms. The highest BCUT2D eigenvalue weighted by molar-refractivity contribution is 6.10. The Morgan fingerprint density at radius 2 is 1.87 bits per heavy atom. The number of methoxy groups -OCH3 is 1. The number of H-pyrrole nitrogens is 1. The maximum atomic E-state index is 13.0. The van der Waals surface area contributed by atoms with Crippen LogP contribution in [0.4, 0.5) is 0 Å². The van der Waals surface area contributed by atoms with Crippen LogP contribution in [-0.4, -0.2) is 29.9 Å². The normalized spacial score (nSPS) is 10.7. The van der Waals surface area contributed by atoms with Gasteiger partial charge in [0.15, 0.2) is 0 Å². The predicted octanol–water partition coefficient (Wildman–Crippen LogP) is 3.76. The van der Waals surface area contributed by atoms with E-state index in [1.165, 1.54) is 0 Å². The summed E-state index contributed by atoms with van der Waals surface area (Å²) in [7, 11) is 3.45. The third-order valence-corrected chi connectivity index (χ3v) is 4.02. The van der Waals surface area contributed by atoms with Crippen LogP contribution in [0.2, 0.25) is 0 Å². The van der Waals surface area contributed by atoms with E-state index in [1.54, 1.807) is 12.0 Å². The van der Waals surface area contributed by atoms with Crippen molar-refractivity contribution in [2.75, 3.05) is 14.2 Å². The number of rotatable bonds is 4. The van der Waals surface area contributed by atoms with Crippen molar-refractivity contribution in [3.63, 3.8) is 0 Å². The summed E-state index contributed by atoms with van der Waals surface area (Å²) in [5.41, 5.74) is 3.55. The smallest absolute Gasteiger partial charge is 0.256 e. The number of benzene rings is 2. The minimum atomic E-state index is -0.0119. The zero-order chi connectivity index (χ0) is 16.4. The fourth-order valence-electron chi connectivity index (χ4n) is 2.90. The van der Waals surface area contributed by atoms with Crippen LogP contribution in [0.5, 0.6) is 5.75 Å². The fraction of sp³-hybridized carbons (Fsp3) is 0.211. The number of amides is 1. The van der Waals surface area contributed by atoms with Crippen LogP contribution in [0.15, 0.2) is 48.5 Å². The molecule has 118 valence electrons. The maximum absolute atomic E-state index is 13.0. The Balaban J connectivity index is 1.99. The quantitative estimate of drug-likeness (QED) is 0.797. The number of hydrogen-bond donors (Lipinski definition) is 1. The Labute approximate surface area is 135 Å². The van der Waals surface area contributed by atoms with Gasteiger partial charge < -0.3 is 14.6 Å². The highest BCUT2D eigenvalue weighted by atomic mass is 16.5. The number of nitrogens with one attached hydrogen (secondary N) is 1. The number of hydrogen-bond acceptors (Lipinski definition) is 2. The molecule has 1 heterocycles. The summed E-state index contributed by atoms with van der Waals surface area (Å²) in [4.78, 5) is 18.0. The number of fused-ring (bicyclic) bond motifs is 1. The maximum Gasteiger partial charge on any atom is 0.256 e. The molecule has 0 saturated carbocycles. The third-order valence-electron chi connectivity index (χ3n) is 4.02. The molecule has 1 N–H and O–H groups in total. The lowest BCUT2D eigenvalue weighted by atomic mass is 10.1. The summed E-state index contributed by atoms with van der Waals surface area (Å²) < 4.78 is 5.44. The average molecular weight is 308 g/mol. The summed E-state index contributed by atoms with van der Waals surface area (Å²) in [5.74, 6) is 0.699. The molecule has 1 aromatic heterocycles. The summed E-state index contributed by atoms with van der Waals surface area (Å²) in [6.45, 7) is 2.49. The van der Waals surface area contributed by atoms with E-state index in [2.05, 4.69) is 4.98 Å². The van der Waals surface area contributed by atoms with Crippen LogP contribution >= 0.6 is 0 Å². The van der Waals surface area contributed by atoms with E-state index >= 15 is 0 Å². The van der Waals surface area contributed by atoms with Crippen LogP contribution in [0.1, 0.15) is 21.6 Å². The van der Waals surface area contributed by atoms with E-state index < -0.39 is 0 Å². The first-order valence-electron chi connectivity index (χ1n) is 7.56. The van der Waals surface area contributed by atoms with Crippen molar-refractivity contribution < 1.29 is 9.53 Å². The molecular formula is C19H20N2O2. The van der Waals surface area contributed by atoms with Gasteiger partial charge in [-0.15, -0.1) is 0 Å². The second-order valence-corrected chi connectivity index (χ2v) is 5.65. The topological polar surface area (TPSA) is 45.3 Å². The number of aromatic nitrogens is 1. The number of carbonyl (C=O) groups is 1. The third kappa shape index (κ3) is 2.80. The Morgan fingerprint density at radius 3 is 2.57 bits per heavy atom. The molecule has 2 aromatic carbocycles. The molecule has 0 saturated heterocycles. The molecule has 0 aliphatic heterocycles. The highest BCUT2D eigenvalue weighted by Gasteiger charge is 2.22. The van der Waals surface area contributed by atoms with E-state index in [-0.39, 0.29) is 5.91 Å². The van der Waals surface area contributed by atoms with Gasteiger partial charge in [0.25, 0.3) is 5.91 Å². The van der Waals surface area contributed by atoms with Gasteiger partial charge >= 0.3 is 0 Å². The van der Waals surface area contributed by atoms with Crippen molar-refractivity contribution >= 4 is 16.8 Å². The van der Waals surface area contributed by atoms with Crippen molar-refractivity contribution in [1.29, 1.82) is 0 Å². The molecule has 3 aromatic rings. The van der Waals surface area contributed by atoms with Crippen LogP contribution < -0.4 is 4.74 Å². The first-order valence-corrected chi connectivity index (χ1v) is 7.56. The number of aromatic amines is 1. The Bertz CT molecular complexity index is 837. The molecule has 0 radical (unpaired) electrons. The fourth-order valence-corrected chi connectivity index (χ4v) is 2.90. The second kappa shape index (κ2) is 6.16. The van der Waals surface area contributed by atoms with Crippen molar-refractivity contribution in [3.8, 4) is 5.75 Å². The van der Waals surface area contributed by atoms with Crippen molar-refractivity contribution in [1.82, 2.24) is 9.88 Å². The van der Waals surface area contributed by atoms with Crippen LogP contribution in [0, 0.1) is 6.92 Å². The van der Waals surface area contributed by atoms with E-state index in [0.717, 1.165) is 22.2 Å². The molecule has 0 aliphatic carbocycles. The zero-order valence-corrected chi connectivity index (χ0v) is 13.6. The number of ether oxygens (including phenoxy) is 1. The van der Waals surface area contributed by atoms with Gasteiger partial charge in [0.2, 0.25) is 0 Å². The molecule has 0 spiro atoms. The van der Waals surface area contributed by atoms with Gasteiger partial charge in [0.1, 0.15) is 5.75 Å². The SMILES string of the molecule is COc1cccc2[nH]c(C)c(C(=O)N(C)Cc3ccccc3)c12. The molecule has 0 bridgehead atoms. The van der Waals surface area contributed by atoms with E-state index in [9.17, 15) is 4.79 Å². The van der Waals surface area contributed by atoms with Crippen LogP contribution in [0.3, 0.4) is 0 Å². The Kier molecular flexibility index (Phi) is 4.06. The van der Waals surface area contributed by atoms with Gasteiger partial charge in [0, 0.05) is 19.3 Å². The molecule has 23 heavy (non-hydrogen) atoms. The van der Waals surface area contributed by atoms with E-state index in [1.807, 2.05) is 62.5 Å². The van der Waals surface area contributed by atoms with E-state index in [4.69, 9.17) is 4.74 Å². The first kappa shape index (κ1) is 15.2. The molecular weight excluding hydrogens is 288 g/mol. The van der Waals surface area contributed by atoms with Crippen molar-refractivity contribution in [2.24, 2.45) is 0 Å². The predicted molar refractivity (Wildman–Crippen MR) is 91.8 cm³/mol. The van der Waals surface area contributed by atoms with Crippen LogP contribution in [-0.2, 0) is 6.54 Å². The number of nitrogens with zero attached hydrogens (tertiary/aromatic N) is 1. The van der Waals surface area contributed by atoms with Crippen molar-refractivity contribution in [2.45, 2.75) is 13.5 Å². The van der Waals surface area contributed by atoms with Crippen molar-refractivity contribution in [3.05, 3.63) is 65.4 Å². The molecule has 3 rings (SSSR count). The Hall–Kier alpha value is -2.75. The molecule has 0 unspecified atom stereocenters. The number of carbonyl (C=O) groups excluding carboxylic acids is 1. The minimum Gasteiger partial charge on any atom is -0.496 e. The summed E-state index contributed by atoms with van der Waals surface area (Å²) >= 11 is 0. The standard InChI is InChI=1S/C19H20N2O2/c1-13-17(18-15(20-13)10-7-11-16(18)23-3)19(22)21(2)12-14-8-5-4-6-9-14/h4-11,20H,12H2,1-3H3. The van der Waals surface area contributed by atoms with Gasteiger partial charge in [-0.2, -0.15) is 0 Å². The molecule has 0 aliphatic rings. The lowest BCUT2D eigenvalue weighted by Gasteiger charge is -2.18. The lowest BCUT2D eigenvalue weighted by Crippen LogP contribution is -2.26. The monoisotopic (exact) mass is 308 g/mol.